The fourth-order valence-electron chi connectivity index (χ4n) is 2.16. The van der Waals surface area contributed by atoms with E-state index in [0.717, 1.165) is 25.9 Å². The average molecular weight is 285 g/mol. The topological polar surface area (TPSA) is 75.8 Å². The number of hydrogen-bond donors (Lipinski definition) is 2. The van der Waals surface area contributed by atoms with Gasteiger partial charge < -0.3 is 20.5 Å². The van der Waals surface area contributed by atoms with Crippen LogP contribution in [0.2, 0.25) is 5.02 Å². The minimum absolute atomic E-state index is 0.00424. The van der Waals surface area contributed by atoms with Crippen LogP contribution in [0.15, 0.2) is 12.1 Å². The highest BCUT2D eigenvalue weighted by Gasteiger charge is 2.23. The second-order valence-corrected chi connectivity index (χ2v) is 5.21. The van der Waals surface area contributed by atoms with E-state index in [0.29, 0.717) is 5.69 Å². The molecular weight excluding hydrogens is 268 g/mol. The monoisotopic (exact) mass is 284 g/mol. The molecule has 1 aromatic rings. The van der Waals surface area contributed by atoms with Crippen LogP contribution in [0.25, 0.3) is 0 Å². The zero-order valence-corrected chi connectivity index (χ0v) is 11.5. The van der Waals surface area contributed by atoms with E-state index in [-0.39, 0.29) is 22.4 Å². The van der Waals surface area contributed by atoms with Gasteiger partial charge in [-0.3, -0.25) is 0 Å². The molecule has 0 aliphatic carbocycles. The minimum Gasteiger partial charge on any atom is -0.488 e. The number of piperidine rings is 1. The van der Waals surface area contributed by atoms with Crippen molar-refractivity contribution in [3.05, 3.63) is 22.7 Å². The third-order valence-corrected chi connectivity index (χ3v) is 3.53. The molecule has 0 saturated carbocycles. The van der Waals surface area contributed by atoms with Gasteiger partial charge in [-0.15, -0.1) is 0 Å². The van der Waals surface area contributed by atoms with Crippen LogP contribution in [0.4, 0.5) is 5.69 Å². The molecule has 5 nitrogen and oxygen atoms in total. The lowest BCUT2D eigenvalue weighted by Gasteiger charge is -2.30. The van der Waals surface area contributed by atoms with E-state index in [1.54, 1.807) is 0 Å². The molecule has 0 atom stereocenters. The summed E-state index contributed by atoms with van der Waals surface area (Å²) in [5.74, 6) is -0.866. The highest BCUT2D eigenvalue weighted by atomic mass is 35.5. The Balaban J connectivity index is 2.21. The third-order valence-electron chi connectivity index (χ3n) is 3.25. The summed E-state index contributed by atoms with van der Waals surface area (Å²) in [6.07, 6.45) is 1.71. The number of anilines is 1. The van der Waals surface area contributed by atoms with Crippen LogP contribution in [0, 0.1) is 0 Å². The molecule has 6 heteroatoms. The van der Waals surface area contributed by atoms with Crippen molar-refractivity contribution in [3.63, 3.8) is 0 Å². The Bertz CT molecular complexity index is 485. The number of carbonyl (C=O) groups is 1. The molecule has 104 valence electrons. The molecule has 0 amide bonds. The number of aromatic carboxylic acids is 1. The highest BCUT2D eigenvalue weighted by Crippen LogP contribution is 2.33. The van der Waals surface area contributed by atoms with Crippen molar-refractivity contribution < 1.29 is 14.6 Å². The number of carboxylic acids is 1. The fourth-order valence-corrected chi connectivity index (χ4v) is 2.43. The van der Waals surface area contributed by atoms with Crippen molar-refractivity contribution in [1.82, 2.24) is 4.90 Å². The van der Waals surface area contributed by atoms with Crippen LogP contribution < -0.4 is 10.5 Å². The van der Waals surface area contributed by atoms with Gasteiger partial charge in [0.15, 0.2) is 5.75 Å². The normalized spacial score (nSPS) is 17.4. The molecule has 1 aliphatic rings. The number of carboxylic acid groups (broad SMARTS) is 1. The summed E-state index contributed by atoms with van der Waals surface area (Å²) in [6, 6.07) is 2.89. The lowest BCUT2D eigenvalue weighted by atomic mass is 10.1. The molecule has 1 heterocycles. The summed E-state index contributed by atoms with van der Waals surface area (Å²) in [5.41, 5.74) is 5.94. The third kappa shape index (κ3) is 3.30. The van der Waals surface area contributed by atoms with Crippen molar-refractivity contribution in [2.75, 3.05) is 25.9 Å². The molecule has 0 aromatic heterocycles. The Morgan fingerprint density at radius 3 is 2.68 bits per heavy atom. The van der Waals surface area contributed by atoms with Crippen molar-refractivity contribution in [2.45, 2.75) is 18.9 Å². The number of rotatable bonds is 3. The maximum absolute atomic E-state index is 11.2. The fraction of sp³-hybridized carbons (Fsp3) is 0.462. The summed E-state index contributed by atoms with van der Waals surface area (Å²) in [6.45, 7) is 1.86. The highest BCUT2D eigenvalue weighted by molar-refractivity contribution is 6.33. The van der Waals surface area contributed by atoms with Gasteiger partial charge in [-0.2, -0.15) is 0 Å². The maximum atomic E-state index is 11.2. The predicted molar refractivity (Wildman–Crippen MR) is 74.0 cm³/mol. The smallest absolute Gasteiger partial charge is 0.339 e. The first-order chi connectivity index (χ1) is 8.97. The Morgan fingerprint density at radius 1 is 1.47 bits per heavy atom. The first kappa shape index (κ1) is 14.0. The van der Waals surface area contributed by atoms with Gasteiger partial charge in [-0.05, 0) is 32.0 Å². The largest absolute Gasteiger partial charge is 0.488 e. The molecule has 0 spiro atoms. The Hall–Kier alpha value is -1.46. The van der Waals surface area contributed by atoms with Crippen molar-refractivity contribution >= 4 is 23.3 Å². The number of nitrogens with zero attached hydrogens (tertiary/aromatic N) is 1. The molecule has 1 saturated heterocycles. The van der Waals surface area contributed by atoms with Crippen LogP contribution in [0.3, 0.4) is 0 Å². The van der Waals surface area contributed by atoms with Crippen LogP contribution in [0.1, 0.15) is 23.2 Å². The van der Waals surface area contributed by atoms with E-state index in [2.05, 4.69) is 11.9 Å². The number of likely N-dealkylation sites (tertiary alicyclic amines) is 1. The van der Waals surface area contributed by atoms with Crippen LogP contribution in [0.5, 0.6) is 5.75 Å². The summed E-state index contributed by atoms with van der Waals surface area (Å²) in [5, 5.41) is 9.43. The molecule has 1 fully saturated rings. The van der Waals surface area contributed by atoms with Gasteiger partial charge in [0.05, 0.1) is 5.02 Å². The lowest BCUT2D eigenvalue weighted by Crippen LogP contribution is -2.36. The number of hydrogen-bond acceptors (Lipinski definition) is 4. The Morgan fingerprint density at radius 2 is 2.11 bits per heavy atom. The molecule has 0 radical (unpaired) electrons. The van der Waals surface area contributed by atoms with Gasteiger partial charge in [0.2, 0.25) is 0 Å². The Kier molecular flexibility index (Phi) is 4.17. The molecule has 1 aliphatic heterocycles. The van der Waals surface area contributed by atoms with Crippen molar-refractivity contribution in [3.8, 4) is 5.75 Å². The minimum atomic E-state index is -1.09. The number of nitrogens with two attached hydrogens (primary N) is 1. The number of ether oxygens (including phenoxy) is 1. The number of nitrogen functional groups attached to an aromatic ring is 1. The van der Waals surface area contributed by atoms with E-state index >= 15 is 0 Å². The standard InChI is InChI=1S/C13H17ClN2O3/c1-16-4-2-9(3-5-16)19-12-10(13(17)18)6-8(15)7-11(12)14/h6-7,9H,2-5,15H2,1H3,(H,17,18). The SMILES string of the molecule is CN1CCC(Oc2c(Cl)cc(N)cc2C(=O)O)CC1. The van der Waals surface area contributed by atoms with Gasteiger partial charge >= 0.3 is 5.97 Å². The molecule has 1 aromatic carbocycles. The van der Waals surface area contributed by atoms with Gasteiger partial charge in [0.1, 0.15) is 11.7 Å². The molecular formula is C13H17ClN2O3. The van der Waals surface area contributed by atoms with Crippen molar-refractivity contribution in [1.29, 1.82) is 0 Å². The second-order valence-electron chi connectivity index (χ2n) is 4.81. The predicted octanol–water partition coefficient (Wildman–Crippen LogP) is 2.09. The summed E-state index contributed by atoms with van der Waals surface area (Å²) in [7, 11) is 2.05. The van der Waals surface area contributed by atoms with Crippen molar-refractivity contribution in [2.24, 2.45) is 0 Å². The van der Waals surface area contributed by atoms with Gasteiger partial charge in [0, 0.05) is 18.8 Å². The van der Waals surface area contributed by atoms with E-state index in [4.69, 9.17) is 22.1 Å². The summed E-state index contributed by atoms with van der Waals surface area (Å²) in [4.78, 5) is 13.4. The van der Waals surface area contributed by atoms with E-state index in [1.807, 2.05) is 0 Å². The first-order valence-corrected chi connectivity index (χ1v) is 6.52. The maximum Gasteiger partial charge on any atom is 0.339 e. The zero-order chi connectivity index (χ0) is 14.0. The summed E-state index contributed by atoms with van der Waals surface area (Å²) < 4.78 is 5.79. The van der Waals surface area contributed by atoms with Gasteiger partial charge in [-0.25, -0.2) is 4.79 Å². The number of halogens is 1. The lowest BCUT2D eigenvalue weighted by molar-refractivity contribution is 0.0681. The average Bonchev–Trinajstić information content (AvgIpc) is 2.34. The van der Waals surface area contributed by atoms with Crippen LogP contribution >= 0.6 is 11.6 Å². The van der Waals surface area contributed by atoms with Crippen LogP contribution in [-0.4, -0.2) is 42.2 Å². The molecule has 19 heavy (non-hydrogen) atoms. The number of benzene rings is 1. The zero-order valence-electron chi connectivity index (χ0n) is 10.7. The molecule has 0 unspecified atom stereocenters. The van der Waals surface area contributed by atoms with Crippen LogP contribution in [-0.2, 0) is 0 Å². The van der Waals surface area contributed by atoms with E-state index in [1.165, 1.54) is 12.1 Å². The molecule has 3 N–H and O–H groups in total. The second kappa shape index (κ2) is 5.67. The van der Waals surface area contributed by atoms with E-state index < -0.39 is 5.97 Å². The quantitative estimate of drug-likeness (QED) is 0.831. The Labute approximate surface area is 116 Å². The van der Waals surface area contributed by atoms with Gasteiger partial charge in [0.25, 0.3) is 0 Å². The first-order valence-electron chi connectivity index (χ1n) is 6.15. The molecule has 2 rings (SSSR count). The molecule has 0 bridgehead atoms. The van der Waals surface area contributed by atoms with E-state index in [9.17, 15) is 9.90 Å². The summed E-state index contributed by atoms with van der Waals surface area (Å²) >= 11 is 6.05. The van der Waals surface area contributed by atoms with Gasteiger partial charge in [-0.1, -0.05) is 11.6 Å².